The predicted octanol–water partition coefficient (Wildman–Crippen LogP) is 4.94. The SMILES string of the molecule is COC(=O)c1cccc(NC(=O)CC(c2ccccc2)c2ccccc2)c1C. The monoisotopic (exact) mass is 373 g/mol. The minimum Gasteiger partial charge on any atom is -0.465 e. The first-order valence-corrected chi connectivity index (χ1v) is 9.18. The van der Waals surface area contributed by atoms with Crippen molar-refractivity contribution in [3.05, 3.63) is 101 Å². The van der Waals surface area contributed by atoms with Gasteiger partial charge in [-0.1, -0.05) is 66.7 Å². The molecule has 3 aromatic rings. The highest BCUT2D eigenvalue weighted by Gasteiger charge is 2.19. The number of amides is 1. The van der Waals surface area contributed by atoms with Crippen LogP contribution in [0.2, 0.25) is 0 Å². The Morgan fingerprint density at radius 3 is 1.96 bits per heavy atom. The number of anilines is 1. The zero-order chi connectivity index (χ0) is 19.9. The molecule has 0 aliphatic rings. The van der Waals surface area contributed by atoms with Crippen molar-refractivity contribution in [3.8, 4) is 0 Å². The second-order valence-electron chi connectivity index (χ2n) is 6.60. The van der Waals surface area contributed by atoms with Gasteiger partial charge in [-0.25, -0.2) is 4.79 Å². The third-order valence-electron chi connectivity index (χ3n) is 4.81. The van der Waals surface area contributed by atoms with E-state index in [0.717, 1.165) is 11.1 Å². The van der Waals surface area contributed by atoms with E-state index < -0.39 is 5.97 Å². The second-order valence-corrected chi connectivity index (χ2v) is 6.60. The number of benzene rings is 3. The lowest BCUT2D eigenvalue weighted by molar-refractivity contribution is -0.116. The molecule has 4 heteroatoms. The first-order valence-electron chi connectivity index (χ1n) is 9.18. The van der Waals surface area contributed by atoms with E-state index in [4.69, 9.17) is 4.74 Å². The van der Waals surface area contributed by atoms with Gasteiger partial charge in [0, 0.05) is 18.0 Å². The van der Waals surface area contributed by atoms with E-state index in [9.17, 15) is 9.59 Å². The molecule has 1 N–H and O–H groups in total. The standard InChI is InChI=1S/C24H23NO3/c1-17-20(24(27)28-2)14-9-15-22(17)25-23(26)16-21(18-10-5-3-6-11-18)19-12-7-4-8-13-19/h3-15,21H,16H2,1-2H3,(H,25,26). The molecule has 0 unspecified atom stereocenters. The molecule has 0 heterocycles. The molecule has 4 nitrogen and oxygen atoms in total. The molecule has 0 atom stereocenters. The summed E-state index contributed by atoms with van der Waals surface area (Å²) < 4.78 is 4.81. The van der Waals surface area contributed by atoms with Crippen molar-refractivity contribution in [2.75, 3.05) is 12.4 Å². The summed E-state index contributed by atoms with van der Waals surface area (Å²) in [6.45, 7) is 1.80. The van der Waals surface area contributed by atoms with E-state index in [2.05, 4.69) is 5.32 Å². The Bertz CT molecular complexity index is 913. The molecular formula is C24H23NO3. The van der Waals surface area contributed by atoms with E-state index >= 15 is 0 Å². The molecule has 28 heavy (non-hydrogen) atoms. The quantitative estimate of drug-likeness (QED) is 0.623. The summed E-state index contributed by atoms with van der Waals surface area (Å²) in [5.74, 6) is -0.575. The summed E-state index contributed by atoms with van der Waals surface area (Å²) in [6, 6.07) is 25.2. The van der Waals surface area contributed by atoms with Gasteiger partial charge < -0.3 is 10.1 Å². The number of nitrogens with one attached hydrogen (secondary N) is 1. The number of methoxy groups -OCH3 is 1. The largest absolute Gasteiger partial charge is 0.465 e. The molecule has 0 bridgehead atoms. The van der Waals surface area contributed by atoms with E-state index in [1.165, 1.54) is 7.11 Å². The van der Waals surface area contributed by atoms with Crippen LogP contribution in [0.25, 0.3) is 0 Å². The molecule has 142 valence electrons. The first kappa shape index (κ1) is 19.4. The Morgan fingerprint density at radius 2 is 1.43 bits per heavy atom. The summed E-state index contributed by atoms with van der Waals surface area (Å²) >= 11 is 0. The lowest BCUT2D eigenvalue weighted by Gasteiger charge is -2.18. The average Bonchev–Trinajstić information content (AvgIpc) is 2.74. The van der Waals surface area contributed by atoms with Gasteiger partial charge in [-0.05, 0) is 35.7 Å². The van der Waals surface area contributed by atoms with Crippen LogP contribution >= 0.6 is 0 Å². The van der Waals surface area contributed by atoms with Crippen LogP contribution in [0.4, 0.5) is 5.69 Å². The molecule has 3 aromatic carbocycles. The van der Waals surface area contributed by atoms with Gasteiger partial charge in [-0.15, -0.1) is 0 Å². The number of carbonyl (C=O) groups is 2. The molecule has 0 aliphatic heterocycles. The number of rotatable bonds is 6. The summed E-state index contributed by atoms with van der Waals surface area (Å²) in [5.41, 5.74) is 3.93. The van der Waals surface area contributed by atoms with Gasteiger partial charge in [0.15, 0.2) is 0 Å². The van der Waals surface area contributed by atoms with Crippen molar-refractivity contribution in [1.29, 1.82) is 0 Å². The summed E-state index contributed by atoms with van der Waals surface area (Å²) in [6.07, 6.45) is 0.302. The lowest BCUT2D eigenvalue weighted by atomic mass is 9.88. The summed E-state index contributed by atoms with van der Waals surface area (Å²) in [4.78, 5) is 24.7. The second kappa shape index (κ2) is 9.00. The molecule has 0 spiro atoms. The molecule has 0 fully saturated rings. The van der Waals surface area contributed by atoms with Crippen LogP contribution in [0.1, 0.15) is 39.4 Å². The van der Waals surface area contributed by atoms with E-state index in [1.54, 1.807) is 25.1 Å². The van der Waals surface area contributed by atoms with Crippen LogP contribution in [0.3, 0.4) is 0 Å². The van der Waals surface area contributed by atoms with Crippen LogP contribution in [-0.2, 0) is 9.53 Å². The molecular weight excluding hydrogens is 350 g/mol. The molecule has 1 amide bonds. The van der Waals surface area contributed by atoms with Crippen molar-refractivity contribution < 1.29 is 14.3 Å². The first-order chi connectivity index (χ1) is 13.6. The normalized spacial score (nSPS) is 10.5. The highest BCUT2D eigenvalue weighted by molar-refractivity contribution is 5.97. The fourth-order valence-corrected chi connectivity index (χ4v) is 3.29. The maximum atomic E-state index is 12.8. The molecule has 0 saturated heterocycles. The van der Waals surface area contributed by atoms with E-state index in [1.807, 2.05) is 60.7 Å². The van der Waals surface area contributed by atoms with Crippen LogP contribution in [-0.4, -0.2) is 19.0 Å². The van der Waals surface area contributed by atoms with Gasteiger partial charge in [0.25, 0.3) is 0 Å². The van der Waals surface area contributed by atoms with Crippen LogP contribution in [0, 0.1) is 6.92 Å². The van der Waals surface area contributed by atoms with Crippen molar-refractivity contribution in [2.24, 2.45) is 0 Å². The van der Waals surface area contributed by atoms with E-state index in [-0.39, 0.29) is 11.8 Å². The molecule has 0 aromatic heterocycles. The summed E-state index contributed by atoms with van der Waals surface area (Å²) in [7, 11) is 1.34. The topological polar surface area (TPSA) is 55.4 Å². The predicted molar refractivity (Wildman–Crippen MR) is 110 cm³/mol. The van der Waals surface area contributed by atoms with Crippen molar-refractivity contribution in [2.45, 2.75) is 19.3 Å². The fraction of sp³-hybridized carbons (Fsp3) is 0.167. The average molecular weight is 373 g/mol. The van der Waals surface area contributed by atoms with Gasteiger partial charge in [0.05, 0.1) is 12.7 Å². The third-order valence-corrected chi connectivity index (χ3v) is 4.81. The van der Waals surface area contributed by atoms with Gasteiger partial charge in [0.1, 0.15) is 0 Å². The Labute approximate surface area is 165 Å². The maximum absolute atomic E-state index is 12.8. The highest BCUT2D eigenvalue weighted by atomic mass is 16.5. The van der Waals surface area contributed by atoms with Crippen molar-refractivity contribution in [3.63, 3.8) is 0 Å². The third kappa shape index (κ3) is 4.46. The van der Waals surface area contributed by atoms with Gasteiger partial charge in [0.2, 0.25) is 5.91 Å². The Kier molecular flexibility index (Phi) is 6.22. The maximum Gasteiger partial charge on any atom is 0.338 e. The minimum atomic E-state index is -0.417. The fourth-order valence-electron chi connectivity index (χ4n) is 3.29. The molecule has 0 aliphatic carbocycles. The molecule has 0 radical (unpaired) electrons. The number of hydrogen-bond donors (Lipinski definition) is 1. The van der Waals surface area contributed by atoms with Crippen LogP contribution < -0.4 is 5.32 Å². The smallest absolute Gasteiger partial charge is 0.338 e. The highest BCUT2D eigenvalue weighted by Crippen LogP contribution is 2.29. The van der Waals surface area contributed by atoms with E-state index in [0.29, 0.717) is 23.2 Å². The van der Waals surface area contributed by atoms with Crippen LogP contribution in [0.5, 0.6) is 0 Å². The van der Waals surface area contributed by atoms with Crippen molar-refractivity contribution >= 4 is 17.6 Å². The Balaban J connectivity index is 1.83. The zero-order valence-corrected chi connectivity index (χ0v) is 16.0. The van der Waals surface area contributed by atoms with Gasteiger partial charge >= 0.3 is 5.97 Å². The van der Waals surface area contributed by atoms with Crippen LogP contribution in [0.15, 0.2) is 78.9 Å². The summed E-state index contributed by atoms with van der Waals surface area (Å²) in [5, 5.41) is 2.95. The van der Waals surface area contributed by atoms with Gasteiger partial charge in [-0.3, -0.25) is 4.79 Å². The Hall–Kier alpha value is -3.40. The lowest BCUT2D eigenvalue weighted by Crippen LogP contribution is -2.18. The number of hydrogen-bond acceptors (Lipinski definition) is 3. The zero-order valence-electron chi connectivity index (χ0n) is 16.0. The number of ether oxygens (including phenoxy) is 1. The van der Waals surface area contributed by atoms with Crippen molar-refractivity contribution in [1.82, 2.24) is 0 Å². The number of esters is 1. The van der Waals surface area contributed by atoms with Gasteiger partial charge in [-0.2, -0.15) is 0 Å². The Morgan fingerprint density at radius 1 is 0.857 bits per heavy atom. The minimum absolute atomic E-state index is 0.0495. The number of carbonyl (C=O) groups excluding carboxylic acids is 2. The molecule has 3 rings (SSSR count). The molecule has 0 saturated carbocycles.